The van der Waals surface area contributed by atoms with Gasteiger partial charge in [-0.1, -0.05) is 37.9 Å². The summed E-state index contributed by atoms with van der Waals surface area (Å²) in [6.07, 6.45) is 8.98. The van der Waals surface area contributed by atoms with Crippen LogP contribution in [-0.4, -0.2) is 10.9 Å². The summed E-state index contributed by atoms with van der Waals surface area (Å²) in [5.74, 6) is 2.44. The molecule has 0 radical (unpaired) electrons. The van der Waals surface area contributed by atoms with Crippen molar-refractivity contribution in [3.63, 3.8) is 0 Å². The molecule has 0 saturated heterocycles. The SMILES string of the molecule is C/C(C=C1[C@H]2CC[C@@H]3[C@@H]2C(C)(C)CCC[C@]13C)=N\O. The fraction of sp³-hybridized carbons (Fsp3) is 0.824. The predicted molar refractivity (Wildman–Crippen MR) is 78.4 cm³/mol. The maximum atomic E-state index is 8.99. The lowest BCUT2D eigenvalue weighted by Gasteiger charge is -2.36. The Morgan fingerprint density at radius 1 is 1.26 bits per heavy atom. The molecule has 4 atom stereocenters. The minimum absolute atomic E-state index is 0.368. The molecule has 3 aliphatic carbocycles. The minimum Gasteiger partial charge on any atom is -0.411 e. The van der Waals surface area contributed by atoms with Crippen LogP contribution in [0.3, 0.4) is 0 Å². The van der Waals surface area contributed by atoms with E-state index in [1.807, 2.05) is 6.92 Å². The van der Waals surface area contributed by atoms with Crippen molar-refractivity contribution in [1.82, 2.24) is 0 Å². The Morgan fingerprint density at radius 3 is 2.68 bits per heavy atom. The van der Waals surface area contributed by atoms with Gasteiger partial charge in [-0.15, -0.1) is 0 Å². The van der Waals surface area contributed by atoms with Crippen LogP contribution in [0, 0.1) is 28.6 Å². The van der Waals surface area contributed by atoms with E-state index in [4.69, 9.17) is 5.21 Å². The molecule has 0 aromatic rings. The quantitative estimate of drug-likeness (QED) is 0.416. The van der Waals surface area contributed by atoms with Crippen LogP contribution in [-0.2, 0) is 0 Å². The van der Waals surface area contributed by atoms with Gasteiger partial charge in [0.15, 0.2) is 0 Å². The van der Waals surface area contributed by atoms with Gasteiger partial charge in [-0.25, -0.2) is 0 Å². The van der Waals surface area contributed by atoms with E-state index in [1.54, 1.807) is 5.57 Å². The van der Waals surface area contributed by atoms with E-state index in [0.29, 0.717) is 10.8 Å². The monoisotopic (exact) mass is 261 g/mol. The minimum atomic E-state index is 0.368. The van der Waals surface area contributed by atoms with Gasteiger partial charge in [-0.2, -0.15) is 0 Å². The summed E-state index contributed by atoms with van der Waals surface area (Å²) in [6, 6.07) is 0. The van der Waals surface area contributed by atoms with Crippen LogP contribution in [0.4, 0.5) is 0 Å². The number of rotatable bonds is 1. The van der Waals surface area contributed by atoms with Crippen LogP contribution in [0.2, 0.25) is 0 Å². The molecular weight excluding hydrogens is 234 g/mol. The van der Waals surface area contributed by atoms with Crippen molar-refractivity contribution in [2.75, 3.05) is 0 Å². The summed E-state index contributed by atoms with van der Waals surface area (Å²) in [6.45, 7) is 9.34. The van der Waals surface area contributed by atoms with Gasteiger partial charge < -0.3 is 5.21 Å². The molecule has 3 saturated carbocycles. The highest BCUT2D eigenvalue weighted by molar-refractivity contribution is 5.93. The summed E-state index contributed by atoms with van der Waals surface area (Å²) in [7, 11) is 0. The first-order chi connectivity index (χ1) is 8.90. The molecule has 106 valence electrons. The molecule has 1 N–H and O–H groups in total. The molecular formula is C17H27NO. The van der Waals surface area contributed by atoms with E-state index in [9.17, 15) is 0 Å². The molecule has 0 amide bonds. The maximum Gasteiger partial charge on any atom is 0.0764 e. The molecule has 2 heteroatoms. The van der Waals surface area contributed by atoms with Gasteiger partial charge in [0, 0.05) is 0 Å². The number of hydrogen-bond acceptors (Lipinski definition) is 2. The standard InChI is InChI=1S/C17H27NO/c1-11(18-19)10-14-12-6-7-13-15(12)16(2,3)8-5-9-17(13,14)4/h10,12-13,15,19H,5-9H2,1-4H3/b14-10?,18-11+/t12-,13-,15-,17+/m1/s1. The Labute approximate surface area is 117 Å². The number of oxime groups is 1. The highest BCUT2D eigenvalue weighted by Crippen LogP contribution is 2.70. The molecule has 2 nitrogen and oxygen atoms in total. The molecule has 0 spiro atoms. The molecule has 0 aromatic heterocycles. The average Bonchev–Trinajstić information content (AvgIpc) is 2.84. The second-order valence-electron chi connectivity index (χ2n) is 7.92. The summed E-state index contributed by atoms with van der Waals surface area (Å²) in [5.41, 5.74) is 3.21. The molecule has 0 heterocycles. The Bertz CT molecular complexity index is 448. The first kappa shape index (κ1) is 13.2. The van der Waals surface area contributed by atoms with Crippen LogP contribution in [0.5, 0.6) is 0 Å². The Morgan fingerprint density at radius 2 is 2.00 bits per heavy atom. The van der Waals surface area contributed by atoms with E-state index >= 15 is 0 Å². The second kappa shape index (κ2) is 4.10. The van der Waals surface area contributed by atoms with Gasteiger partial charge in [0.1, 0.15) is 0 Å². The van der Waals surface area contributed by atoms with E-state index in [-0.39, 0.29) is 0 Å². The van der Waals surface area contributed by atoms with Gasteiger partial charge in [-0.05, 0) is 67.3 Å². The van der Waals surface area contributed by atoms with E-state index < -0.39 is 0 Å². The Kier molecular flexibility index (Phi) is 2.85. The highest BCUT2D eigenvalue weighted by Gasteiger charge is 2.62. The van der Waals surface area contributed by atoms with Crippen molar-refractivity contribution in [2.45, 2.75) is 59.8 Å². The smallest absolute Gasteiger partial charge is 0.0764 e. The summed E-state index contributed by atoms with van der Waals surface area (Å²) in [4.78, 5) is 0. The summed E-state index contributed by atoms with van der Waals surface area (Å²) >= 11 is 0. The van der Waals surface area contributed by atoms with Crippen molar-refractivity contribution < 1.29 is 5.21 Å². The van der Waals surface area contributed by atoms with Crippen molar-refractivity contribution in [3.05, 3.63) is 11.6 Å². The topological polar surface area (TPSA) is 32.6 Å². The second-order valence-corrected chi connectivity index (χ2v) is 7.92. The largest absolute Gasteiger partial charge is 0.411 e. The fourth-order valence-electron chi connectivity index (χ4n) is 5.72. The molecule has 4 bridgehead atoms. The lowest BCUT2D eigenvalue weighted by Crippen LogP contribution is -2.28. The third-order valence-corrected chi connectivity index (χ3v) is 6.47. The van der Waals surface area contributed by atoms with Gasteiger partial charge in [0.2, 0.25) is 0 Å². The molecule has 3 aliphatic rings. The van der Waals surface area contributed by atoms with Gasteiger partial charge in [0.25, 0.3) is 0 Å². The first-order valence-electron chi connectivity index (χ1n) is 7.81. The van der Waals surface area contributed by atoms with Gasteiger partial charge >= 0.3 is 0 Å². The molecule has 3 rings (SSSR count). The Hall–Kier alpha value is -0.790. The predicted octanol–water partition coefficient (Wildman–Crippen LogP) is 4.64. The van der Waals surface area contributed by atoms with Crippen molar-refractivity contribution in [3.8, 4) is 0 Å². The summed E-state index contributed by atoms with van der Waals surface area (Å²) in [5, 5.41) is 12.4. The van der Waals surface area contributed by atoms with Gasteiger partial charge in [0.05, 0.1) is 5.71 Å². The third-order valence-electron chi connectivity index (χ3n) is 6.47. The van der Waals surface area contributed by atoms with Crippen molar-refractivity contribution in [2.24, 2.45) is 33.7 Å². The lowest BCUT2D eigenvalue weighted by atomic mass is 9.68. The van der Waals surface area contributed by atoms with Crippen molar-refractivity contribution in [1.29, 1.82) is 0 Å². The van der Waals surface area contributed by atoms with Crippen LogP contribution in [0.25, 0.3) is 0 Å². The average molecular weight is 261 g/mol. The maximum absolute atomic E-state index is 8.99. The summed E-state index contributed by atoms with van der Waals surface area (Å²) < 4.78 is 0. The number of allylic oxidation sites excluding steroid dienone is 2. The third kappa shape index (κ3) is 1.71. The van der Waals surface area contributed by atoms with Crippen LogP contribution < -0.4 is 0 Å². The van der Waals surface area contributed by atoms with Crippen LogP contribution in [0.1, 0.15) is 59.8 Å². The van der Waals surface area contributed by atoms with Crippen LogP contribution in [0.15, 0.2) is 16.8 Å². The zero-order chi connectivity index (χ0) is 13.8. The van der Waals surface area contributed by atoms with E-state index in [2.05, 4.69) is 32.0 Å². The molecule has 0 aromatic carbocycles. The van der Waals surface area contributed by atoms with Crippen LogP contribution >= 0.6 is 0 Å². The lowest BCUT2D eigenvalue weighted by molar-refractivity contribution is 0.141. The number of hydrogen-bond donors (Lipinski definition) is 1. The Balaban J connectivity index is 2.09. The van der Waals surface area contributed by atoms with E-state index in [0.717, 1.165) is 23.5 Å². The molecule has 19 heavy (non-hydrogen) atoms. The molecule has 0 unspecified atom stereocenters. The fourth-order valence-corrected chi connectivity index (χ4v) is 5.72. The zero-order valence-electron chi connectivity index (χ0n) is 12.7. The molecule has 0 aliphatic heterocycles. The number of nitrogens with zero attached hydrogens (tertiary/aromatic N) is 1. The highest BCUT2D eigenvalue weighted by atomic mass is 16.4. The zero-order valence-corrected chi connectivity index (χ0v) is 12.7. The molecule has 3 fully saturated rings. The first-order valence-corrected chi connectivity index (χ1v) is 7.81. The van der Waals surface area contributed by atoms with E-state index in [1.165, 1.54) is 32.1 Å². The van der Waals surface area contributed by atoms with Gasteiger partial charge in [-0.3, -0.25) is 0 Å². The van der Waals surface area contributed by atoms with Crippen molar-refractivity contribution >= 4 is 5.71 Å². The normalized spacial score (nSPS) is 46.6.